The Hall–Kier alpha value is -2.85. The van der Waals surface area contributed by atoms with E-state index in [9.17, 15) is 0 Å². The fourth-order valence-corrected chi connectivity index (χ4v) is 1.16. The average molecular weight is 226 g/mol. The number of hydrogen-bond acceptors (Lipinski definition) is 6. The highest BCUT2D eigenvalue weighted by atomic mass is 16.8. The maximum absolute atomic E-state index is 8.87. The smallest absolute Gasteiger partial charge is 0.148 e. The normalized spacial score (nSPS) is 8.41. The van der Waals surface area contributed by atoms with Gasteiger partial charge in [-0.2, -0.15) is 15.8 Å². The second-order valence-corrected chi connectivity index (χ2v) is 2.92. The monoisotopic (exact) mass is 226 g/mol. The lowest BCUT2D eigenvalue weighted by Gasteiger charge is -2.07. The van der Waals surface area contributed by atoms with Crippen molar-refractivity contribution < 1.29 is 10.4 Å². The lowest BCUT2D eigenvalue weighted by atomic mass is 10.0. The maximum Gasteiger partial charge on any atom is 0.148 e. The highest BCUT2D eigenvalue weighted by molar-refractivity contribution is 5.84. The molecule has 0 aliphatic carbocycles. The summed E-state index contributed by atoms with van der Waals surface area (Å²) >= 11 is 0. The summed E-state index contributed by atoms with van der Waals surface area (Å²) in [6.45, 7) is 0. The molecule has 0 radical (unpaired) electrons. The fourth-order valence-electron chi connectivity index (χ4n) is 1.16. The molecular weight excluding hydrogens is 220 g/mol. The van der Waals surface area contributed by atoms with Crippen LogP contribution < -0.4 is 5.23 Å². The van der Waals surface area contributed by atoms with Crippen LogP contribution in [0.25, 0.3) is 5.57 Å². The van der Waals surface area contributed by atoms with Gasteiger partial charge in [-0.25, -0.2) is 0 Å². The first-order chi connectivity index (χ1) is 8.13. The summed E-state index contributed by atoms with van der Waals surface area (Å²) in [5, 5.41) is 43.6. The third-order valence-electron chi connectivity index (χ3n) is 1.97. The van der Waals surface area contributed by atoms with Crippen LogP contribution >= 0.6 is 0 Å². The molecule has 0 spiro atoms. The van der Waals surface area contributed by atoms with E-state index in [0.717, 1.165) is 0 Å². The van der Waals surface area contributed by atoms with E-state index < -0.39 is 0 Å². The van der Waals surface area contributed by atoms with Gasteiger partial charge in [0, 0.05) is 0 Å². The van der Waals surface area contributed by atoms with E-state index in [0.29, 0.717) is 5.56 Å². The van der Waals surface area contributed by atoms with Crippen LogP contribution in [0.15, 0.2) is 29.8 Å². The summed E-state index contributed by atoms with van der Waals surface area (Å²) in [6, 6.07) is 10.5. The quantitative estimate of drug-likeness (QED) is 0.584. The van der Waals surface area contributed by atoms with Gasteiger partial charge >= 0.3 is 0 Å². The van der Waals surface area contributed by atoms with E-state index in [1.807, 2.05) is 0 Å². The summed E-state index contributed by atoms with van der Waals surface area (Å²) in [7, 11) is 0. The third kappa shape index (κ3) is 2.58. The highest BCUT2D eigenvalue weighted by Gasteiger charge is 2.09. The Labute approximate surface area is 97.0 Å². The zero-order valence-corrected chi connectivity index (χ0v) is 8.49. The lowest BCUT2D eigenvalue weighted by molar-refractivity contribution is 0.0291. The lowest BCUT2D eigenvalue weighted by Crippen LogP contribution is -2.10. The Bertz CT molecular complexity index is 551. The second-order valence-electron chi connectivity index (χ2n) is 2.92. The van der Waals surface area contributed by atoms with E-state index in [4.69, 9.17) is 26.2 Å². The average Bonchev–Trinajstić information content (AvgIpc) is 2.36. The molecule has 0 amide bonds. The highest BCUT2D eigenvalue weighted by Crippen LogP contribution is 2.20. The van der Waals surface area contributed by atoms with Crippen molar-refractivity contribution in [3.8, 4) is 18.2 Å². The van der Waals surface area contributed by atoms with Crippen LogP contribution in [-0.4, -0.2) is 10.4 Å². The SMILES string of the molecule is N#CC(C#N)=C(C#N)c1ccc(N(O)O)cc1. The molecular formula is C11H6N4O2. The van der Waals surface area contributed by atoms with Gasteiger partial charge < -0.3 is 0 Å². The minimum absolute atomic E-state index is 0.0519. The van der Waals surface area contributed by atoms with Crippen LogP contribution in [0.2, 0.25) is 0 Å². The van der Waals surface area contributed by atoms with Gasteiger partial charge in [0.1, 0.15) is 23.8 Å². The van der Waals surface area contributed by atoms with Gasteiger partial charge in [-0.3, -0.25) is 10.4 Å². The Balaban J connectivity index is 3.27. The standard InChI is InChI=1S/C11H6N4O2/c12-5-9(6-13)11(7-14)8-1-3-10(4-2-8)15(16)17/h1-4,16-17H. The summed E-state index contributed by atoms with van der Waals surface area (Å²) in [4.78, 5) is 0. The number of nitriles is 3. The molecule has 0 unspecified atom stereocenters. The minimum Gasteiger partial charge on any atom is -0.264 e. The summed E-state index contributed by atoms with van der Waals surface area (Å²) in [5.74, 6) is 0. The number of anilines is 1. The van der Waals surface area contributed by atoms with E-state index in [1.54, 1.807) is 18.2 Å². The number of benzene rings is 1. The van der Waals surface area contributed by atoms with E-state index >= 15 is 0 Å². The first-order valence-corrected chi connectivity index (χ1v) is 4.37. The topological polar surface area (TPSA) is 115 Å². The molecule has 6 heteroatoms. The first-order valence-electron chi connectivity index (χ1n) is 4.37. The first kappa shape index (κ1) is 12.2. The molecule has 1 aromatic rings. The molecule has 0 aliphatic rings. The summed E-state index contributed by atoms with van der Waals surface area (Å²) in [6.07, 6.45) is 0. The summed E-state index contributed by atoms with van der Waals surface area (Å²) < 4.78 is 0. The van der Waals surface area contributed by atoms with Crippen molar-refractivity contribution in [2.75, 3.05) is 5.23 Å². The Morgan fingerprint density at radius 2 is 1.47 bits per heavy atom. The minimum atomic E-state index is -0.287. The van der Waals surface area contributed by atoms with Gasteiger partial charge in [-0.05, 0) is 17.7 Å². The number of hydrogen-bond donors (Lipinski definition) is 2. The molecule has 0 heterocycles. The van der Waals surface area contributed by atoms with Crippen molar-refractivity contribution in [2.45, 2.75) is 0 Å². The van der Waals surface area contributed by atoms with Gasteiger partial charge in [0.15, 0.2) is 0 Å². The van der Waals surface area contributed by atoms with Crippen LogP contribution in [-0.2, 0) is 0 Å². The second kappa shape index (κ2) is 5.29. The van der Waals surface area contributed by atoms with E-state index in [1.165, 1.54) is 24.3 Å². The van der Waals surface area contributed by atoms with Crippen LogP contribution in [0.3, 0.4) is 0 Å². The molecule has 0 aromatic heterocycles. The Morgan fingerprint density at radius 1 is 0.941 bits per heavy atom. The molecule has 0 fully saturated rings. The molecule has 0 saturated carbocycles. The molecule has 2 N–H and O–H groups in total. The zero-order valence-electron chi connectivity index (χ0n) is 8.49. The molecule has 6 nitrogen and oxygen atoms in total. The zero-order chi connectivity index (χ0) is 12.8. The van der Waals surface area contributed by atoms with Crippen molar-refractivity contribution in [3.63, 3.8) is 0 Å². The molecule has 0 bridgehead atoms. The largest absolute Gasteiger partial charge is 0.264 e. The molecule has 0 aliphatic heterocycles. The van der Waals surface area contributed by atoms with Crippen molar-refractivity contribution in [1.82, 2.24) is 0 Å². The van der Waals surface area contributed by atoms with Crippen molar-refractivity contribution in [2.24, 2.45) is 0 Å². The molecule has 1 aromatic carbocycles. The number of allylic oxidation sites excluding steroid dienone is 2. The Kier molecular flexibility index (Phi) is 3.81. The van der Waals surface area contributed by atoms with Crippen LogP contribution in [0.1, 0.15) is 5.56 Å². The number of rotatable bonds is 2. The fraction of sp³-hybridized carbons (Fsp3) is 0. The van der Waals surface area contributed by atoms with Gasteiger partial charge in [0.2, 0.25) is 0 Å². The van der Waals surface area contributed by atoms with Crippen LogP contribution in [0.4, 0.5) is 5.69 Å². The van der Waals surface area contributed by atoms with Gasteiger partial charge in [-0.1, -0.05) is 12.1 Å². The van der Waals surface area contributed by atoms with Crippen molar-refractivity contribution >= 4 is 11.3 Å². The maximum atomic E-state index is 8.87. The molecule has 17 heavy (non-hydrogen) atoms. The molecule has 1 rings (SSSR count). The molecule has 82 valence electrons. The number of nitrogens with zero attached hydrogens (tertiary/aromatic N) is 4. The van der Waals surface area contributed by atoms with Crippen LogP contribution in [0.5, 0.6) is 0 Å². The molecule has 0 atom stereocenters. The van der Waals surface area contributed by atoms with Gasteiger partial charge in [-0.15, -0.1) is 5.23 Å². The predicted molar refractivity (Wildman–Crippen MR) is 56.3 cm³/mol. The third-order valence-corrected chi connectivity index (χ3v) is 1.97. The van der Waals surface area contributed by atoms with E-state index in [2.05, 4.69) is 0 Å². The van der Waals surface area contributed by atoms with Gasteiger partial charge in [0.25, 0.3) is 0 Å². The van der Waals surface area contributed by atoms with E-state index in [-0.39, 0.29) is 22.1 Å². The van der Waals surface area contributed by atoms with Crippen molar-refractivity contribution in [1.29, 1.82) is 15.8 Å². The van der Waals surface area contributed by atoms with Crippen LogP contribution in [0, 0.1) is 34.0 Å². The summed E-state index contributed by atoms with van der Waals surface area (Å²) in [5.41, 5.74) is 0.117. The Morgan fingerprint density at radius 3 is 1.82 bits per heavy atom. The molecule has 0 saturated heterocycles. The predicted octanol–water partition coefficient (Wildman–Crippen LogP) is 1.60. The van der Waals surface area contributed by atoms with Gasteiger partial charge in [0.05, 0.1) is 11.3 Å². The van der Waals surface area contributed by atoms with Crippen molar-refractivity contribution in [3.05, 3.63) is 35.4 Å².